The lowest BCUT2D eigenvalue weighted by Crippen LogP contribution is -2.51. The Morgan fingerprint density at radius 2 is 1.58 bits per heavy atom. The van der Waals surface area contributed by atoms with Crippen LogP contribution in [-0.2, 0) is 4.79 Å². The number of likely N-dealkylation sites (tertiary alicyclic amines) is 1. The third-order valence-corrected chi connectivity index (χ3v) is 6.34. The molecule has 1 aromatic heterocycles. The molecule has 7 heteroatoms. The summed E-state index contributed by atoms with van der Waals surface area (Å²) in [6.45, 7) is 11.2. The van der Waals surface area contributed by atoms with Crippen molar-refractivity contribution in [2.24, 2.45) is 0 Å². The van der Waals surface area contributed by atoms with Crippen molar-refractivity contribution < 1.29 is 9.59 Å². The van der Waals surface area contributed by atoms with E-state index in [2.05, 4.69) is 42.9 Å². The Hall–Kier alpha value is -2.67. The molecule has 7 nitrogen and oxygen atoms in total. The molecule has 4 rings (SSSR count). The summed E-state index contributed by atoms with van der Waals surface area (Å²) in [4.78, 5) is 31.8. The molecule has 3 heterocycles. The summed E-state index contributed by atoms with van der Waals surface area (Å²) in [5.74, 6) is 0.424. The number of benzene rings is 1. The molecule has 0 atom stereocenters. The Morgan fingerprint density at radius 3 is 2.19 bits per heavy atom. The Kier molecular flexibility index (Phi) is 6.41. The molecule has 0 radical (unpaired) electrons. The van der Waals surface area contributed by atoms with Crippen LogP contribution in [0.5, 0.6) is 0 Å². The van der Waals surface area contributed by atoms with Gasteiger partial charge in [0.2, 0.25) is 5.91 Å². The molecular formula is C24H33N5O2. The zero-order valence-electron chi connectivity index (χ0n) is 18.9. The van der Waals surface area contributed by atoms with Crippen LogP contribution in [-0.4, -0.2) is 82.1 Å². The Morgan fingerprint density at radius 1 is 0.935 bits per heavy atom. The number of hydrogen-bond acceptors (Lipinski definition) is 4. The van der Waals surface area contributed by atoms with Gasteiger partial charge in [-0.15, -0.1) is 0 Å². The molecular weight excluding hydrogens is 390 g/mol. The lowest BCUT2D eigenvalue weighted by atomic mass is 10.0. The van der Waals surface area contributed by atoms with E-state index in [4.69, 9.17) is 0 Å². The fourth-order valence-corrected chi connectivity index (χ4v) is 4.51. The van der Waals surface area contributed by atoms with Crippen LogP contribution in [0, 0.1) is 6.92 Å². The van der Waals surface area contributed by atoms with E-state index < -0.39 is 0 Å². The lowest BCUT2D eigenvalue weighted by Gasteiger charge is -2.35. The maximum Gasteiger partial charge on any atom is 0.257 e. The molecule has 0 saturated carbocycles. The molecule has 31 heavy (non-hydrogen) atoms. The number of piperazine rings is 1. The lowest BCUT2D eigenvalue weighted by molar-refractivity contribution is -0.131. The van der Waals surface area contributed by atoms with E-state index in [-0.39, 0.29) is 17.7 Å². The van der Waals surface area contributed by atoms with Crippen molar-refractivity contribution in [3.05, 3.63) is 47.3 Å². The average molecular weight is 424 g/mol. The molecule has 0 N–H and O–H groups in total. The smallest absolute Gasteiger partial charge is 0.257 e. The second-order valence-corrected chi connectivity index (χ2v) is 9.00. The fourth-order valence-electron chi connectivity index (χ4n) is 4.51. The van der Waals surface area contributed by atoms with Gasteiger partial charge in [0, 0.05) is 39.3 Å². The molecule has 2 aliphatic rings. The van der Waals surface area contributed by atoms with Crippen molar-refractivity contribution in [1.29, 1.82) is 0 Å². The number of carbonyl (C=O) groups is 2. The first-order chi connectivity index (χ1) is 14.9. The first kappa shape index (κ1) is 21.6. The number of carbonyl (C=O) groups excluding carboxylic acids is 2. The SMILES string of the molecule is Cc1ccc(-n2ncc(C(=O)N3CCN(CC(=O)N4CCCC4)CC3)c2C(C)C)cc1. The highest BCUT2D eigenvalue weighted by molar-refractivity contribution is 5.95. The molecule has 2 aromatic rings. The van der Waals surface area contributed by atoms with Gasteiger partial charge in [0.15, 0.2) is 0 Å². The third-order valence-electron chi connectivity index (χ3n) is 6.34. The van der Waals surface area contributed by atoms with Crippen LogP contribution in [0.3, 0.4) is 0 Å². The first-order valence-corrected chi connectivity index (χ1v) is 11.4. The predicted molar refractivity (Wildman–Crippen MR) is 121 cm³/mol. The van der Waals surface area contributed by atoms with Gasteiger partial charge in [-0.3, -0.25) is 14.5 Å². The number of hydrogen-bond donors (Lipinski definition) is 0. The van der Waals surface area contributed by atoms with Crippen molar-refractivity contribution in [2.45, 2.75) is 39.5 Å². The predicted octanol–water partition coefficient (Wildman–Crippen LogP) is 2.68. The van der Waals surface area contributed by atoms with E-state index in [1.807, 2.05) is 26.6 Å². The molecule has 166 valence electrons. The Bertz CT molecular complexity index is 920. The molecule has 1 aromatic carbocycles. The maximum atomic E-state index is 13.3. The van der Waals surface area contributed by atoms with E-state index in [1.165, 1.54) is 5.56 Å². The van der Waals surface area contributed by atoms with Gasteiger partial charge in [-0.1, -0.05) is 31.5 Å². The van der Waals surface area contributed by atoms with Crippen molar-refractivity contribution in [3.8, 4) is 5.69 Å². The quantitative estimate of drug-likeness (QED) is 0.742. The van der Waals surface area contributed by atoms with Gasteiger partial charge in [-0.05, 0) is 37.8 Å². The Balaban J connectivity index is 1.43. The molecule has 0 bridgehead atoms. The monoisotopic (exact) mass is 423 g/mol. The summed E-state index contributed by atoms with van der Waals surface area (Å²) in [6, 6.07) is 8.20. The van der Waals surface area contributed by atoms with E-state index in [0.29, 0.717) is 25.2 Å². The minimum absolute atomic E-state index is 0.0348. The molecule has 2 amide bonds. The van der Waals surface area contributed by atoms with Gasteiger partial charge < -0.3 is 9.80 Å². The number of amides is 2. The highest BCUT2D eigenvalue weighted by Crippen LogP contribution is 2.25. The molecule has 0 aliphatic carbocycles. The van der Waals surface area contributed by atoms with Crippen LogP contribution in [0.15, 0.2) is 30.5 Å². The molecule has 2 aliphatic heterocycles. The Labute approximate surface area is 184 Å². The first-order valence-electron chi connectivity index (χ1n) is 11.4. The molecule has 0 unspecified atom stereocenters. The standard InChI is InChI=1S/C24H33N5O2/c1-18(2)23-21(16-25-29(23)20-8-6-19(3)7-9-20)24(31)28-14-12-26(13-15-28)17-22(30)27-10-4-5-11-27/h6-9,16,18H,4-5,10-15,17H2,1-3H3. The topological polar surface area (TPSA) is 61.7 Å². The van der Waals surface area contributed by atoms with E-state index >= 15 is 0 Å². The van der Waals surface area contributed by atoms with E-state index in [0.717, 1.165) is 50.4 Å². The van der Waals surface area contributed by atoms with Crippen LogP contribution in [0.1, 0.15) is 54.2 Å². The summed E-state index contributed by atoms with van der Waals surface area (Å²) in [7, 11) is 0. The normalized spacial score (nSPS) is 17.5. The number of rotatable bonds is 5. The van der Waals surface area contributed by atoms with Gasteiger partial charge in [0.05, 0.1) is 29.7 Å². The van der Waals surface area contributed by atoms with Crippen molar-refractivity contribution >= 4 is 11.8 Å². The summed E-state index contributed by atoms with van der Waals surface area (Å²) in [5, 5.41) is 4.56. The van der Waals surface area contributed by atoms with Crippen LogP contribution < -0.4 is 0 Å². The van der Waals surface area contributed by atoms with Crippen LogP contribution in [0.25, 0.3) is 5.69 Å². The van der Waals surface area contributed by atoms with Crippen molar-refractivity contribution in [2.75, 3.05) is 45.8 Å². The van der Waals surface area contributed by atoms with Crippen LogP contribution >= 0.6 is 0 Å². The van der Waals surface area contributed by atoms with Gasteiger partial charge in [0.25, 0.3) is 5.91 Å². The number of aromatic nitrogens is 2. The minimum atomic E-state index is 0.0348. The van der Waals surface area contributed by atoms with Crippen molar-refractivity contribution in [3.63, 3.8) is 0 Å². The fraction of sp³-hybridized carbons (Fsp3) is 0.542. The summed E-state index contributed by atoms with van der Waals surface area (Å²) >= 11 is 0. The minimum Gasteiger partial charge on any atom is -0.342 e. The number of nitrogens with zero attached hydrogens (tertiary/aromatic N) is 5. The summed E-state index contributed by atoms with van der Waals surface area (Å²) in [5.41, 5.74) is 3.79. The van der Waals surface area contributed by atoms with Gasteiger partial charge in [0.1, 0.15) is 0 Å². The van der Waals surface area contributed by atoms with Crippen molar-refractivity contribution in [1.82, 2.24) is 24.5 Å². The van der Waals surface area contributed by atoms with Gasteiger partial charge in [-0.2, -0.15) is 5.10 Å². The average Bonchev–Trinajstić information content (AvgIpc) is 3.45. The summed E-state index contributed by atoms with van der Waals surface area (Å²) in [6.07, 6.45) is 3.94. The van der Waals surface area contributed by atoms with Crippen LogP contribution in [0.2, 0.25) is 0 Å². The molecule has 2 saturated heterocycles. The maximum absolute atomic E-state index is 13.3. The second-order valence-electron chi connectivity index (χ2n) is 9.00. The second kappa shape index (κ2) is 9.22. The molecule has 0 spiro atoms. The zero-order chi connectivity index (χ0) is 22.0. The molecule has 2 fully saturated rings. The highest BCUT2D eigenvalue weighted by atomic mass is 16.2. The van der Waals surface area contributed by atoms with Crippen LogP contribution in [0.4, 0.5) is 0 Å². The number of aryl methyl sites for hydroxylation is 1. The van der Waals surface area contributed by atoms with E-state index in [9.17, 15) is 9.59 Å². The third kappa shape index (κ3) is 4.66. The van der Waals surface area contributed by atoms with Gasteiger partial charge in [-0.25, -0.2) is 4.68 Å². The van der Waals surface area contributed by atoms with E-state index in [1.54, 1.807) is 6.20 Å². The van der Waals surface area contributed by atoms with Gasteiger partial charge >= 0.3 is 0 Å². The zero-order valence-corrected chi connectivity index (χ0v) is 18.9. The largest absolute Gasteiger partial charge is 0.342 e. The summed E-state index contributed by atoms with van der Waals surface area (Å²) < 4.78 is 1.89. The highest BCUT2D eigenvalue weighted by Gasteiger charge is 2.29.